The smallest absolute Gasteiger partial charge is 0.135 e. The van der Waals surface area contributed by atoms with Crippen LogP contribution in [0.15, 0.2) is 0 Å². The van der Waals surface area contributed by atoms with Crippen molar-refractivity contribution in [2.45, 2.75) is 45.4 Å². The predicted molar refractivity (Wildman–Crippen MR) is 68.1 cm³/mol. The molecule has 3 heteroatoms. The number of rotatable bonds is 8. The maximum absolute atomic E-state index is 11.8. The maximum Gasteiger partial charge on any atom is 0.135 e. The van der Waals surface area contributed by atoms with Gasteiger partial charge in [-0.05, 0) is 31.6 Å². The second-order valence-electron chi connectivity index (χ2n) is 4.96. The van der Waals surface area contributed by atoms with Crippen LogP contribution in [-0.4, -0.2) is 32.7 Å². The van der Waals surface area contributed by atoms with E-state index in [1.54, 1.807) is 7.11 Å². The van der Waals surface area contributed by atoms with Gasteiger partial charge in [0.25, 0.3) is 0 Å². The van der Waals surface area contributed by atoms with E-state index in [0.29, 0.717) is 24.9 Å². The van der Waals surface area contributed by atoms with Crippen LogP contribution in [0.25, 0.3) is 0 Å². The molecular formula is C14H26O3. The molecule has 0 bridgehead atoms. The van der Waals surface area contributed by atoms with E-state index < -0.39 is 0 Å². The number of hydrogen-bond donors (Lipinski definition) is 0. The zero-order chi connectivity index (χ0) is 12.5. The van der Waals surface area contributed by atoms with Gasteiger partial charge >= 0.3 is 0 Å². The van der Waals surface area contributed by atoms with Gasteiger partial charge in [-0.15, -0.1) is 0 Å². The average Bonchev–Trinajstić information content (AvgIpc) is 2.35. The highest BCUT2D eigenvalue weighted by atomic mass is 16.5. The Kier molecular flexibility index (Phi) is 7.45. The molecular weight excluding hydrogens is 216 g/mol. The van der Waals surface area contributed by atoms with Crippen LogP contribution in [0.3, 0.4) is 0 Å². The molecule has 3 nitrogen and oxygen atoms in total. The number of Topliss-reactive ketones (excluding diaryl/α,β-unsaturated/α-hetero) is 1. The van der Waals surface area contributed by atoms with Crippen LogP contribution in [0, 0.1) is 11.8 Å². The van der Waals surface area contributed by atoms with E-state index in [4.69, 9.17) is 9.47 Å². The first-order valence-corrected chi connectivity index (χ1v) is 6.87. The molecule has 17 heavy (non-hydrogen) atoms. The molecule has 2 unspecified atom stereocenters. The van der Waals surface area contributed by atoms with Crippen molar-refractivity contribution in [1.29, 1.82) is 0 Å². The van der Waals surface area contributed by atoms with E-state index in [1.807, 2.05) is 0 Å². The van der Waals surface area contributed by atoms with Crippen LogP contribution in [0.2, 0.25) is 0 Å². The van der Waals surface area contributed by atoms with Crippen molar-refractivity contribution in [3.8, 4) is 0 Å². The third kappa shape index (κ3) is 5.64. The van der Waals surface area contributed by atoms with Crippen LogP contribution in [0.1, 0.15) is 45.4 Å². The maximum atomic E-state index is 11.8. The van der Waals surface area contributed by atoms with Crippen molar-refractivity contribution in [2.24, 2.45) is 11.8 Å². The molecule has 100 valence electrons. The lowest BCUT2D eigenvalue weighted by Gasteiger charge is -2.27. The van der Waals surface area contributed by atoms with Crippen LogP contribution in [-0.2, 0) is 14.3 Å². The molecule has 0 heterocycles. The Bertz CT molecular complexity index is 216. The number of ether oxygens (including phenoxy) is 2. The van der Waals surface area contributed by atoms with E-state index in [1.165, 1.54) is 6.42 Å². The van der Waals surface area contributed by atoms with Crippen LogP contribution in [0.5, 0.6) is 0 Å². The molecule has 0 aromatic rings. The van der Waals surface area contributed by atoms with Crippen molar-refractivity contribution >= 4 is 5.78 Å². The third-order valence-corrected chi connectivity index (χ3v) is 3.72. The first-order chi connectivity index (χ1) is 8.27. The summed E-state index contributed by atoms with van der Waals surface area (Å²) in [6.07, 6.45) is 6.23. The zero-order valence-electron chi connectivity index (χ0n) is 11.2. The average molecular weight is 242 g/mol. The normalized spacial score (nSPS) is 25.2. The van der Waals surface area contributed by atoms with Crippen LogP contribution >= 0.6 is 0 Å². The zero-order valence-corrected chi connectivity index (χ0v) is 11.2. The van der Waals surface area contributed by atoms with Gasteiger partial charge in [-0.3, -0.25) is 4.79 Å². The van der Waals surface area contributed by atoms with Gasteiger partial charge in [0, 0.05) is 26.1 Å². The quantitative estimate of drug-likeness (QED) is 0.614. The Hall–Kier alpha value is -0.410. The molecule has 0 aliphatic heterocycles. The number of ketones is 1. The minimum Gasteiger partial charge on any atom is -0.382 e. The highest BCUT2D eigenvalue weighted by molar-refractivity contribution is 5.81. The van der Waals surface area contributed by atoms with Gasteiger partial charge in [0.05, 0.1) is 13.2 Å². The van der Waals surface area contributed by atoms with Gasteiger partial charge in [0.1, 0.15) is 5.78 Å². The van der Waals surface area contributed by atoms with Crippen molar-refractivity contribution in [3.63, 3.8) is 0 Å². The van der Waals surface area contributed by atoms with Crippen LogP contribution in [0.4, 0.5) is 0 Å². The third-order valence-electron chi connectivity index (χ3n) is 3.72. The number of carbonyl (C=O) groups excluding carboxylic acids is 1. The monoisotopic (exact) mass is 242 g/mol. The summed E-state index contributed by atoms with van der Waals surface area (Å²) >= 11 is 0. The minimum absolute atomic E-state index is 0.305. The van der Waals surface area contributed by atoms with E-state index >= 15 is 0 Å². The van der Waals surface area contributed by atoms with Crippen LogP contribution < -0.4 is 0 Å². The van der Waals surface area contributed by atoms with Gasteiger partial charge in [0.15, 0.2) is 0 Å². The van der Waals surface area contributed by atoms with Gasteiger partial charge in [-0.1, -0.05) is 13.3 Å². The van der Waals surface area contributed by atoms with Gasteiger partial charge in [0.2, 0.25) is 0 Å². The summed E-state index contributed by atoms with van der Waals surface area (Å²) in [5.41, 5.74) is 0. The summed E-state index contributed by atoms with van der Waals surface area (Å²) in [7, 11) is 1.68. The molecule has 2 atom stereocenters. The summed E-state index contributed by atoms with van der Waals surface area (Å²) < 4.78 is 10.3. The first kappa shape index (κ1) is 14.7. The number of carbonyl (C=O) groups is 1. The van der Waals surface area contributed by atoms with Crippen molar-refractivity contribution in [3.05, 3.63) is 0 Å². The number of hydrogen-bond acceptors (Lipinski definition) is 3. The van der Waals surface area contributed by atoms with Gasteiger partial charge in [-0.25, -0.2) is 0 Å². The predicted octanol–water partition coefficient (Wildman–Crippen LogP) is 2.83. The number of methoxy groups -OCH3 is 1. The van der Waals surface area contributed by atoms with Crippen molar-refractivity contribution < 1.29 is 14.3 Å². The largest absolute Gasteiger partial charge is 0.382 e. The van der Waals surface area contributed by atoms with E-state index in [0.717, 1.165) is 44.6 Å². The Balaban J connectivity index is 2.10. The molecule has 1 fully saturated rings. The Labute approximate surface area is 105 Å². The first-order valence-electron chi connectivity index (χ1n) is 6.87. The summed E-state index contributed by atoms with van der Waals surface area (Å²) in [6.45, 7) is 4.29. The topological polar surface area (TPSA) is 35.5 Å². The molecule has 0 spiro atoms. The van der Waals surface area contributed by atoms with Crippen molar-refractivity contribution in [1.82, 2.24) is 0 Å². The molecule has 0 saturated heterocycles. The molecule has 0 amide bonds. The van der Waals surface area contributed by atoms with E-state index in [9.17, 15) is 4.79 Å². The summed E-state index contributed by atoms with van der Waals surface area (Å²) in [5, 5.41) is 0. The second-order valence-corrected chi connectivity index (χ2v) is 4.96. The summed E-state index contributed by atoms with van der Waals surface area (Å²) in [4.78, 5) is 11.8. The van der Waals surface area contributed by atoms with Crippen molar-refractivity contribution in [2.75, 3.05) is 26.9 Å². The SMILES string of the molecule is CCC1CCC(=O)C(CCCOCCOC)C1. The second kappa shape index (κ2) is 8.65. The lowest BCUT2D eigenvalue weighted by molar-refractivity contribution is -0.126. The Morgan fingerprint density at radius 2 is 2.12 bits per heavy atom. The molecule has 0 N–H and O–H groups in total. The lowest BCUT2D eigenvalue weighted by Crippen LogP contribution is -2.25. The molecule has 0 aromatic heterocycles. The fourth-order valence-electron chi connectivity index (χ4n) is 2.53. The lowest BCUT2D eigenvalue weighted by atomic mass is 9.77. The fraction of sp³-hybridized carbons (Fsp3) is 0.929. The molecule has 0 aromatic carbocycles. The molecule has 1 aliphatic rings. The fourth-order valence-corrected chi connectivity index (χ4v) is 2.53. The molecule has 1 rings (SSSR count). The Morgan fingerprint density at radius 1 is 1.29 bits per heavy atom. The highest BCUT2D eigenvalue weighted by Gasteiger charge is 2.26. The Morgan fingerprint density at radius 3 is 2.82 bits per heavy atom. The van der Waals surface area contributed by atoms with Gasteiger partial charge < -0.3 is 9.47 Å². The molecule has 0 radical (unpaired) electrons. The summed E-state index contributed by atoms with van der Waals surface area (Å²) in [6, 6.07) is 0. The highest BCUT2D eigenvalue weighted by Crippen LogP contribution is 2.31. The standard InChI is InChI=1S/C14H26O3/c1-3-12-6-7-14(15)13(11-12)5-4-8-17-10-9-16-2/h12-13H,3-11H2,1-2H3. The van der Waals surface area contributed by atoms with E-state index in [2.05, 4.69) is 6.92 Å². The molecule has 1 saturated carbocycles. The van der Waals surface area contributed by atoms with E-state index in [-0.39, 0.29) is 0 Å². The van der Waals surface area contributed by atoms with Gasteiger partial charge in [-0.2, -0.15) is 0 Å². The minimum atomic E-state index is 0.305. The summed E-state index contributed by atoms with van der Waals surface area (Å²) in [5.74, 6) is 1.55. The molecule has 1 aliphatic carbocycles.